The molecule has 4 heterocycles. The van der Waals surface area contributed by atoms with Crippen LogP contribution >= 0.6 is 15.9 Å². The zero-order chi connectivity index (χ0) is 68.2. The molecule has 0 unspecified atom stereocenters. The van der Waals surface area contributed by atoms with Gasteiger partial charge in [-0.25, -0.2) is 19.9 Å². The van der Waals surface area contributed by atoms with Gasteiger partial charge in [-0.2, -0.15) is 0 Å². The van der Waals surface area contributed by atoms with Crippen LogP contribution in [0.1, 0.15) is 0 Å². The maximum atomic E-state index is 9.26. The zero-order valence-electron chi connectivity index (χ0n) is 55.0. The number of rotatable bonds is 8. The molecule has 10 heteroatoms. The Morgan fingerprint density at radius 3 is 1.14 bits per heavy atom. The van der Waals surface area contributed by atoms with Crippen molar-refractivity contribution in [1.82, 2.24) is 29.1 Å². The Morgan fingerprint density at radius 2 is 0.618 bits per heavy atom. The lowest BCUT2D eigenvalue weighted by molar-refractivity contribution is 0.426. The van der Waals surface area contributed by atoms with E-state index in [1.54, 1.807) is 6.07 Å². The molecule has 102 heavy (non-hydrogen) atoms. The van der Waals surface area contributed by atoms with Crippen LogP contribution in [0.2, 0.25) is 0 Å². The highest BCUT2D eigenvalue weighted by Gasteiger charge is 2.22. The molecule has 0 fully saturated rings. The first-order valence-corrected chi connectivity index (χ1v) is 34.9. The lowest BCUT2D eigenvalue weighted by Gasteiger charge is -2.13. The van der Waals surface area contributed by atoms with E-state index >= 15 is 0 Å². The fourth-order valence-corrected chi connectivity index (χ4v) is 15.1. The minimum absolute atomic E-state index is 0.505. The summed E-state index contributed by atoms with van der Waals surface area (Å²) in [7, 11) is -1.44. The van der Waals surface area contributed by atoms with Crippen LogP contribution in [0.5, 0.6) is 0 Å². The maximum absolute atomic E-state index is 9.26. The summed E-state index contributed by atoms with van der Waals surface area (Å²) >= 11 is 3.65. The van der Waals surface area contributed by atoms with Crippen molar-refractivity contribution in [2.45, 2.75) is 0 Å². The smallest absolute Gasteiger partial charge is 0.423 e. The van der Waals surface area contributed by atoms with E-state index in [2.05, 4.69) is 316 Å². The van der Waals surface area contributed by atoms with Crippen LogP contribution in [0.25, 0.3) is 176 Å². The largest absolute Gasteiger partial charge is 0.488 e. The Morgan fingerprint density at radius 1 is 0.245 bits per heavy atom. The van der Waals surface area contributed by atoms with Crippen molar-refractivity contribution in [3.63, 3.8) is 0 Å². The van der Waals surface area contributed by atoms with Gasteiger partial charge in [0, 0.05) is 58.7 Å². The number of hydrogen-bond donors (Lipinski definition) is 2. The summed E-state index contributed by atoms with van der Waals surface area (Å²) in [5.74, 6) is 1.34. The second-order valence-corrected chi connectivity index (χ2v) is 26.5. The van der Waals surface area contributed by atoms with Crippen molar-refractivity contribution >= 4 is 137 Å². The fraction of sp³-hybridized carbons (Fsp3) is 0. The van der Waals surface area contributed by atoms with Crippen LogP contribution in [-0.2, 0) is 0 Å². The molecule has 2 N–H and O–H groups in total. The van der Waals surface area contributed by atoms with Crippen LogP contribution in [0, 0.1) is 0 Å². The summed E-state index contributed by atoms with van der Waals surface area (Å²) < 4.78 is 5.47. The second-order valence-electron chi connectivity index (χ2n) is 25.6. The molecule has 0 radical (unpaired) electrons. The summed E-state index contributed by atoms with van der Waals surface area (Å²) in [5.41, 5.74) is 17.7. The Kier molecular flexibility index (Phi) is 15.8. The molecule has 20 rings (SSSR count). The van der Waals surface area contributed by atoms with E-state index in [4.69, 9.17) is 19.9 Å². The number of halogens is 1. The first-order valence-electron chi connectivity index (χ1n) is 34.1. The van der Waals surface area contributed by atoms with Gasteiger partial charge >= 0.3 is 7.12 Å². The van der Waals surface area contributed by atoms with E-state index < -0.39 is 7.12 Å². The molecule has 0 spiro atoms. The lowest BCUT2D eigenvalue weighted by Crippen LogP contribution is -2.29. The van der Waals surface area contributed by atoms with Gasteiger partial charge < -0.3 is 10.0 Å². The summed E-state index contributed by atoms with van der Waals surface area (Å²) in [6.45, 7) is 0. The zero-order valence-corrected chi connectivity index (χ0v) is 56.6. The van der Waals surface area contributed by atoms with E-state index in [9.17, 15) is 10.0 Å². The maximum Gasteiger partial charge on any atom is 0.488 e. The number of benzene rings is 16. The van der Waals surface area contributed by atoms with Gasteiger partial charge in [-0.15, -0.1) is 0 Å². The number of hydrogen-bond acceptors (Lipinski definition) is 6. The van der Waals surface area contributed by atoms with Gasteiger partial charge in [0.25, 0.3) is 0 Å². The average molecular weight is 1370 g/mol. The average Bonchev–Trinajstić information content (AvgIpc) is 1.64. The van der Waals surface area contributed by atoms with Gasteiger partial charge in [-0.05, 0) is 132 Å². The molecule has 0 bridgehead atoms. The third-order valence-electron chi connectivity index (χ3n) is 19.5. The molecule has 16 aromatic carbocycles. The highest BCUT2D eigenvalue weighted by atomic mass is 79.9. The van der Waals surface area contributed by atoms with Gasteiger partial charge in [0.1, 0.15) is 0 Å². The highest BCUT2D eigenvalue weighted by molar-refractivity contribution is 9.10. The van der Waals surface area contributed by atoms with Crippen LogP contribution in [-0.4, -0.2) is 46.2 Å². The van der Waals surface area contributed by atoms with Crippen LogP contribution in [0.3, 0.4) is 0 Å². The minimum atomic E-state index is -1.44. The fourth-order valence-electron chi connectivity index (χ4n) is 14.8. The first-order chi connectivity index (χ1) is 50.3. The number of aromatic nitrogens is 6. The van der Waals surface area contributed by atoms with E-state index in [1.807, 2.05) is 54.6 Å². The number of para-hydroxylation sites is 2. The van der Waals surface area contributed by atoms with Crippen molar-refractivity contribution in [1.29, 1.82) is 0 Å². The van der Waals surface area contributed by atoms with Crippen LogP contribution in [0.4, 0.5) is 0 Å². The number of fused-ring (bicyclic) bond motifs is 14. The standard InChI is InChI=1S/C46H29N3.C30H18BrN3.C16H13BO2/c1-2-14-32(15-3-1)44-40-26-24-31-13-5-7-20-38(31)45(40)48-46(47-44)49-42-23-9-8-21-39(42)41-29-34(25-27-43(41)49)33-17-10-18-35(28-33)37-22-11-16-30-12-4-6-19-36(30)37;31-21-15-17-27-25(18-21)23-12-6-7-13-26(23)34(27)30-32-28(20-9-2-1-3-10-20)24-16-14-19-8-4-5-11-22(19)29(24)33-30;18-17(19)14-8-3-7-13(11-14)16-10-4-6-12-5-1-2-9-15(12)16/h1-29H;1-18H;1-11,18-19H. The Bertz CT molecular complexity index is 6640. The Balaban J connectivity index is 0.000000121. The van der Waals surface area contributed by atoms with Gasteiger partial charge in [0.05, 0.1) is 44.5 Å². The number of nitrogens with zero attached hydrogens (tertiary/aromatic N) is 6. The van der Waals surface area contributed by atoms with Crippen molar-refractivity contribution in [3.05, 3.63) is 356 Å². The van der Waals surface area contributed by atoms with Crippen molar-refractivity contribution in [2.75, 3.05) is 0 Å². The van der Waals surface area contributed by atoms with Crippen molar-refractivity contribution in [2.24, 2.45) is 0 Å². The molecule has 4 aromatic heterocycles. The van der Waals surface area contributed by atoms with E-state index in [-0.39, 0.29) is 0 Å². The molecule has 0 amide bonds. The van der Waals surface area contributed by atoms with Gasteiger partial charge in [-0.1, -0.05) is 307 Å². The van der Waals surface area contributed by atoms with Crippen LogP contribution in [0.15, 0.2) is 356 Å². The molecule has 0 aliphatic rings. The van der Waals surface area contributed by atoms with E-state index in [0.29, 0.717) is 17.4 Å². The quantitative estimate of drug-likeness (QED) is 0.116. The monoisotopic (exact) mass is 1370 g/mol. The summed E-state index contributed by atoms with van der Waals surface area (Å²) in [4.78, 5) is 21.0. The van der Waals surface area contributed by atoms with Gasteiger partial charge in [0.15, 0.2) is 0 Å². The summed E-state index contributed by atoms with van der Waals surface area (Å²) in [6.07, 6.45) is 0. The third kappa shape index (κ3) is 11.2. The van der Waals surface area contributed by atoms with Crippen molar-refractivity contribution < 1.29 is 10.0 Å². The molecule has 0 saturated heterocycles. The predicted octanol–water partition coefficient (Wildman–Crippen LogP) is 22.5. The molecule has 0 saturated carbocycles. The minimum Gasteiger partial charge on any atom is -0.423 e. The molecule has 8 nitrogen and oxygen atoms in total. The van der Waals surface area contributed by atoms with E-state index in [1.165, 1.54) is 65.3 Å². The highest BCUT2D eigenvalue weighted by Crippen LogP contribution is 2.41. The lowest BCUT2D eigenvalue weighted by atomic mass is 9.79. The topological polar surface area (TPSA) is 102 Å². The SMILES string of the molecule is Brc1ccc2c(c1)c1ccccc1n2-c1nc(-c2ccccc2)c2ccc3ccccc3c2n1.OB(O)c1cccc(-c2cccc3ccccc23)c1.c1ccc(-c2nc(-n3c4ccccc4c4cc(-c5cccc(-c6cccc7ccccc67)c5)ccc43)nc3c2ccc2ccccc23)cc1. The Hall–Kier alpha value is -12.7. The molecular formula is C92H60BBrN6O2. The van der Waals surface area contributed by atoms with E-state index in [0.717, 1.165) is 104 Å². The van der Waals surface area contributed by atoms with Gasteiger partial charge in [-0.3, -0.25) is 9.13 Å². The molecule has 0 aliphatic heterocycles. The second kappa shape index (κ2) is 26.2. The Labute approximate surface area is 596 Å². The molecular weight excluding hydrogens is 1310 g/mol. The van der Waals surface area contributed by atoms with Crippen LogP contribution < -0.4 is 5.46 Å². The van der Waals surface area contributed by atoms with Gasteiger partial charge in [0.2, 0.25) is 11.9 Å². The third-order valence-corrected chi connectivity index (χ3v) is 20.0. The summed E-state index contributed by atoms with van der Waals surface area (Å²) in [6, 6.07) is 122. The predicted molar refractivity (Wildman–Crippen MR) is 429 cm³/mol. The molecule has 0 aliphatic carbocycles. The van der Waals surface area contributed by atoms with Crippen molar-refractivity contribution in [3.8, 4) is 67.8 Å². The molecule has 0 atom stereocenters. The molecule has 480 valence electrons. The first kappa shape index (κ1) is 61.6. The summed E-state index contributed by atoms with van der Waals surface area (Å²) in [5, 5.41) is 34.8. The normalized spacial score (nSPS) is 11.5. The molecule has 20 aromatic rings.